The van der Waals surface area contributed by atoms with E-state index in [1.54, 1.807) is 13.8 Å². The number of benzene rings is 1. The Bertz CT molecular complexity index is 405. The van der Waals surface area contributed by atoms with Crippen LogP contribution in [0.15, 0.2) is 30.3 Å². The fourth-order valence-electron chi connectivity index (χ4n) is 1.45. The summed E-state index contributed by atoms with van der Waals surface area (Å²) in [5.41, 5.74) is 1.05. The van der Waals surface area contributed by atoms with Gasteiger partial charge in [0.15, 0.2) is 0 Å². The van der Waals surface area contributed by atoms with E-state index in [1.807, 2.05) is 43.5 Å². The highest BCUT2D eigenvalue weighted by Crippen LogP contribution is 2.23. The van der Waals surface area contributed by atoms with E-state index in [0.717, 1.165) is 17.7 Å². The van der Waals surface area contributed by atoms with Gasteiger partial charge in [-0.15, -0.1) is 0 Å². The molecule has 0 saturated carbocycles. The van der Waals surface area contributed by atoms with Gasteiger partial charge >= 0.3 is 5.97 Å². The van der Waals surface area contributed by atoms with E-state index in [-0.39, 0.29) is 0 Å². The predicted octanol–water partition coefficient (Wildman–Crippen LogP) is 2.28. The Morgan fingerprint density at radius 2 is 1.94 bits per heavy atom. The van der Waals surface area contributed by atoms with Crippen molar-refractivity contribution in [3.8, 4) is 0 Å². The molecular formula is C14H19NO2. The number of carboxylic acids is 1. The van der Waals surface area contributed by atoms with Gasteiger partial charge in [-0.1, -0.05) is 36.4 Å². The monoisotopic (exact) mass is 233 g/mol. The van der Waals surface area contributed by atoms with Gasteiger partial charge in [0.1, 0.15) is 0 Å². The highest BCUT2D eigenvalue weighted by molar-refractivity contribution is 5.80. The molecule has 3 nitrogen and oxygen atoms in total. The van der Waals surface area contributed by atoms with Crippen molar-refractivity contribution in [1.82, 2.24) is 5.32 Å². The number of carbonyl (C=O) groups is 1. The van der Waals surface area contributed by atoms with E-state index < -0.39 is 11.4 Å². The second kappa shape index (κ2) is 5.64. The second-order valence-corrected chi connectivity index (χ2v) is 4.51. The second-order valence-electron chi connectivity index (χ2n) is 4.51. The molecule has 92 valence electrons. The van der Waals surface area contributed by atoms with Crippen LogP contribution >= 0.6 is 0 Å². The molecule has 0 heterocycles. The van der Waals surface area contributed by atoms with Crippen LogP contribution in [0.1, 0.15) is 25.0 Å². The summed E-state index contributed by atoms with van der Waals surface area (Å²) >= 11 is 0. The van der Waals surface area contributed by atoms with Crippen molar-refractivity contribution in [2.75, 3.05) is 13.6 Å². The lowest BCUT2D eigenvalue weighted by molar-refractivity contribution is -0.142. The van der Waals surface area contributed by atoms with Gasteiger partial charge in [-0.25, -0.2) is 0 Å². The normalized spacial score (nSPS) is 11.9. The van der Waals surface area contributed by atoms with E-state index in [2.05, 4.69) is 5.32 Å². The summed E-state index contributed by atoms with van der Waals surface area (Å²) in [5, 5.41) is 12.1. The third kappa shape index (κ3) is 3.43. The molecule has 0 unspecified atom stereocenters. The average Bonchev–Trinajstić information content (AvgIpc) is 2.30. The number of rotatable bonds is 5. The fourth-order valence-corrected chi connectivity index (χ4v) is 1.45. The molecule has 0 aliphatic carbocycles. The molecule has 0 atom stereocenters. The third-order valence-corrected chi connectivity index (χ3v) is 2.80. The molecule has 1 aromatic rings. The minimum Gasteiger partial charge on any atom is -0.481 e. The molecule has 0 amide bonds. The van der Waals surface area contributed by atoms with Crippen LogP contribution in [-0.2, 0) is 10.2 Å². The smallest absolute Gasteiger partial charge is 0.313 e. The molecule has 1 rings (SSSR count). The quantitative estimate of drug-likeness (QED) is 0.820. The largest absolute Gasteiger partial charge is 0.481 e. The van der Waals surface area contributed by atoms with Crippen LogP contribution in [-0.4, -0.2) is 24.7 Å². The number of nitrogens with one attached hydrogen (secondary N) is 1. The first-order chi connectivity index (χ1) is 7.98. The molecule has 2 N–H and O–H groups in total. The Morgan fingerprint density at radius 1 is 1.35 bits per heavy atom. The Kier molecular flexibility index (Phi) is 4.46. The molecular weight excluding hydrogens is 214 g/mol. The number of hydrogen-bond acceptors (Lipinski definition) is 2. The minimum absolute atomic E-state index is 0.809. The maximum atomic E-state index is 11.1. The SMILES string of the molecule is CNCC=Cc1ccc(C(C)(C)C(=O)O)cc1. The molecule has 0 spiro atoms. The first-order valence-electron chi connectivity index (χ1n) is 5.63. The number of carboxylic acid groups (broad SMARTS) is 1. The standard InChI is InChI=1S/C14H19NO2/c1-14(2,13(16)17)12-8-6-11(7-9-12)5-4-10-15-3/h4-9,15H,10H2,1-3H3,(H,16,17). The topological polar surface area (TPSA) is 49.3 Å². The van der Waals surface area contributed by atoms with E-state index in [9.17, 15) is 4.79 Å². The highest BCUT2D eigenvalue weighted by atomic mass is 16.4. The summed E-state index contributed by atoms with van der Waals surface area (Å²) in [6.45, 7) is 4.24. The van der Waals surface area contributed by atoms with E-state index in [0.29, 0.717) is 0 Å². The van der Waals surface area contributed by atoms with Crippen LogP contribution in [0.2, 0.25) is 0 Å². The molecule has 0 saturated heterocycles. The van der Waals surface area contributed by atoms with Crippen molar-refractivity contribution >= 4 is 12.0 Å². The summed E-state index contributed by atoms with van der Waals surface area (Å²) in [6, 6.07) is 7.61. The van der Waals surface area contributed by atoms with Gasteiger partial charge in [0, 0.05) is 6.54 Å². The highest BCUT2D eigenvalue weighted by Gasteiger charge is 2.28. The molecule has 0 aromatic heterocycles. The van der Waals surface area contributed by atoms with Gasteiger partial charge in [-0.2, -0.15) is 0 Å². The third-order valence-electron chi connectivity index (χ3n) is 2.80. The summed E-state index contributed by atoms with van der Waals surface area (Å²) in [4.78, 5) is 11.1. The molecule has 0 aliphatic heterocycles. The number of aliphatic carboxylic acids is 1. The molecule has 0 radical (unpaired) electrons. The maximum Gasteiger partial charge on any atom is 0.313 e. The molecule has 17 heavy (non-hydrogen) atoms. The van der Waals surface area contributed by atoms with Gasteiger partial charge in [0.05, 0.1) is 5.41 Å². The van der Waals surface area contributed by atoms with Crippen molar-refractivity contribution in [1.29, 1.82) is 0 Å². The zero-order chi connectivity index (χ0) is 12.9. The van der Waals surface area contributed by atoms with Gasteiger partial charge in [0.25, 0.3) is 0 Å². The van der Waals surface area contributed by atoms with E-state index in [1.165, 1.54) is 0 Å². The van der Waals surface area contributed by atoms with Gasteiger partial charge in [0.2, 0.25) is 0 Å². The first-order valence-corrected chi connectivity index (χ1v) is 5.63. The van der Waals surface area contributed by atoms with Crippen molar-refractivity contribution in [3.05, 3.63) is 41.5 Å². The molecule has 3 heteroatoms. The van der Waals surface area contributed by atoms with Crippen LogP contribution in [0, 0.1) is 0 Å². The summed E-state index contributed by atoms with van der Waals surface area (Å²) in [7, 11) is 1.89. The minimum atomic E-state index is -0.840. The van der Waals surface area contributed by atoms with Crippen molar-refractivity contribution < 1.29 is 9.90 Å². The Morgan fingerprint density at radius 3 is 2.41 bits per heavy atom. The first kappa shape index (κ1) is 13.5. The van der Waals surface area contributed by atoms with Gasteiger partial charge in [-0.3, -0.25) is 4.79 Å². The number of likely N-dealkylation sites (N-methyl/N-ethyl adjacent to an activating group) is 1. The molecule has 0 fully saturated rings. The van der Waals surface area contributed by atoms with E-state index in [4.69, 9.17) is 5.11 Å². The van der Waals surface area contributed by atoms with Crippen LogP contribution in [0.3, 0.4) is 0 Å². The van der Waals surface area contributed by atoms with Gasteiger partial charge < -0.3 is 10.4 Å². The average molecular weight is 233 g/mol. The van der Waals surface area contributed by atoms with Crippen molar-refractivity contribution in [2.24, 2.45) is 0 Å². The number of hydrogen-bond donors (Lipinski definition) is 2. The van der Waals surface area contributed by atoms with Crippen LogP contribution in [0.25, 0.3) is 6.08 Å². The van der Waals surface area contributed by atoms with Crippen LogP contribution in [0.4, 0.5) is 0 Å². The van der Waals surface area contributed by atoms with Crippen molar-refractivity contribution in [2.45, 2.75) is 19.3 Å². The summed E-state index contributed by atoms with van der Waals surface area (Å²) in [6.07, 6.45) is 4.03. The van der Waals surface area contributed by atoms with Crippen LogP contribution in [0.5, 0.6) is 0 Å². The maximum absolute atomic E-state index is 11.1. The molecule has 1 aromatic carbocycles. The Balaban J connectivity index is 2.85. The molecule has 0 aliphatic rings. The lowest BCUT2D eigenvalue weighted by Gasteiger charge is -2.19. The Hall–Kier alpha value is -1.61. The summed E-state index contributed by atoms with van der Waals surface area (Å²) in [5.74, 6) is -0.809. The van der Waals surface area contributed by atoms with E-state index >= 15 is 0 Å². The zero-order valence-corrected chi connectivity index (χ0v) is 10.5. The van der Waals surface area contributed by atoms with Crippen LogP contribution < -0.4 is 5.32 Å². The lowest BCUT2D eigenvalue weighted by atomic mass is 9.84. The zero-order valence-electron chi connectivity index (χ0n) is 10.5. The van der Waals surface area contributed by atoms with Gasteiger partial charge in [-0.05, 0) is 32.0 Å². The fraction of sp³-hybridized carbons (Fsp3) is 0.357. The Labute approximate surface area is 102 Å². The molecule has 0 bridgehead atoms. The predicted molar refractivity (Wildman–Crippen MR) is 70.1 cm³/mol. The summed E-state index contributed by atoms with van der Waals surface area (Å²) < 4.78 is 0. The van der Waals surface area contributed by atoms with Crippen molar-refractivity contribution in [3.63, 3.8) is 0 Å². The lowest BCUT2D eigenvalue weighted by Crippen LogP contribution is -2.28.